The monoisotopic (exact) mass is 710 g/mol. The number of aromatic hydroxyl groups is 4. The maximum atomic E-state index is 10.9. The summed E-state index contributed by atoms with van der Waals surface area (Å²) in [5.74, 6) is -0.836. The van der Waals surface area contributed by atoms with E-state index in [1.165, 1.54) is 11.3 Å². The van der Waals surface area contributed by atoms with E-state index in [0.717, 1.165) is 59.7 Å². The Morgan fingerprint density at radius 3 is 2.02 bits per heavy atom. The second-order valence-electron chi connectivity index (χ2n) is 12.6. The topological polar surface area (TPSA) is 125 Å². The molecule has 4 N–H and O–H groups in total. The predicted molar refractivity (Wildman–Crippen MR) is 215 cm³/mol. The number of benzene rings is 6. The Bertz CT molecular complexity index is 3020. The molecule has 0 aliphatic heterocycles. The number of rotatable bonds is 6. The molecule has 0 aliphatic carbocycles. The molecule has 6 aromatic carbocycles. The summed E-state index contributed by atoms with van der Waals surface area (Å²) in [5, 5.41) is 47.6. The smallest absolute Gasteiger partial charge is 0.205 e. The third-order valence-corrected chi connectivity index (χ3v) is 10.8. The average Bonchev–Trinajstić information content (AvgIpc) is 3.77. The lowest BCUT2D eigenvalue weighted by Crippen LogP contribution is -2.02. The minimum absolute atomic E-state index is 0.289. The second-order valence-corrected chi connectivity index (χ2v) is 13.6. The van der Waals surface area contributed by atoms with E-state index in [1.807, 2.05) is 104 Å². The molecule has 3 aromatic heterocycles. The van der Waals surface area contributed by atoms with Crippen LogP contribution in [-0.4, -0.2) is 39.9 Å². The number of phenolic OH excluding ortho intramolecular Hbond substituents is 4. The van der Waals surface area contributed by atoms with Crippen LogP contribution in [0, 0.1) is 0 Å². The van der Waals surface area contributed by atoms with Crippen molar-refractivity contribution in [2.45, 2.75) is 6.92 Å². The molecule has 0 atom stereocenters. The molecule has 8 nitrogen and oxygen atoms in total. The largest absolute Gasteiger partial charge is 0.504 e. The molecule has 9 heteroatoms. The molecule has 0 unspecified atom stereocenters. The van der Waals surface area contributed by atoms with Crippen molar-refractivity contribution in [2.75, 3.05) is 0 Å². The molecule has 0 aliphatic rings. The highest BCUT2D eigenvalue weighted by Crippen LogP contribution is 2.55. The lowest BCUT2D eigenvalue weighted by atomic mass is 10.0. The molecule has 3 heterocycles. The van der Waals surface area contributed by atoms with Crippen LogP contribution in [0.15, 0.2) is 134 Å². The Morgan fingerprint density at radius 1 is 0.623 bits per heavy atom. The van der Waals surface area contributed by atoms with Crippen LogP contribution in [0.2, 0.25) is 0 Å². The molecular formula is C44H30N4O4S. The molecule has 0 bridgehead atoms. The fraction of sp³-hybridized carbons (Fsp3) is 0.0227. The van der Waals surface area contributed by atoms with Crippen LogP contribution in [-0.2, 0) is 0 Å². The van der Waals surface area contributed by atoms with Gasteiger partial charge < -0.3 is 25.0 Å². The summed E-state index contributed by atoms with van der Waals surface area (Å²) in [7, 11) is 0. The quantitative estimate of drug-likeness (QED) is 0.0769. The van der Waals surface area contributed by atoms with Crippen molar-refractivity contribution in [2.24, 2.45) is 0 Å². The normalized spacial score (nSPS) is 12.3. The van der Waals surface area contributed by atoms with Crippen LogP contribution in [0.25, 0.3) is 86.8 Å². The first-order valence-corrected chi connectivity index (χ1v) is 17.7. The number of thiophene rings is 1. The number of phenols is 4. The first kappa shape index (κ1) is 32.0. The minimum atomic E-state index is -0.751. The Morgan fingerprint density at radius 2 is 1.28 bits per heavy atom. The summed E-state index contributed by atoms with van der Waals surface area (Å²) in [4.78, 5) is 14.6. The molecule has 53 heavy (non-hydrogen) atoms. The van der Waals surface area contributed by atoms with Crippen LogP contribution in [0.3, 0.4) is 0 Å². The summed E-state index contributed by atoms with van der Waals surface area (Å²) in [6, 6.07) is 34.2. The standard InChI is InChI=1S/C44H30N4O4S/c1-3-5-11-24(4-2)42-45-43(26-13-7-6-8-14-26)47-44(46-42)27-16-19-28(20-17-27)48-31-22-18-25-12-9-10-15-29(25)33(31)35-32(48)23-21-30-34-36(49)37(50)38(51)39(52)41(34)53-40(30)35/h3-23,49-52H,2H2,1H3/b5-3-,24-11+. The van der Waals surface area contributed by atoms with Gasteiger partial charge in [-0.1, -0.05) is 97.6 Å². The third-order valence-electron chi connectivity index (χ3n) is 9.60. The van der Waals surface area contributed by atoms with Crippen molar-refractivity contribution in [1.29, 1.82) is 0 Å². The molecule has 0 radical (unpaired) electrons. The zero-order valence-corrected chi connectivity index (χ0v) is 29.1. The maximum absolute atomic E-state index is 10.9. The van der Waals surface area contributed by atoms with Gasteiger partial charge in [0.25, 0.3) is 0 Å². The van der Waals surface area contributed by atoms with Crippen LogP contribution in [0.4, 0.5) is 0 Å². The van der Waals surface area contributed by atoms with Gasteiger partial charge in [-0.3, -0.25) is 0 Å². The van der Waals surface area contributed by atoms with Crippen LogP contribution < -0.4 is 0 Å². The molecule has 0 saturated heterocycles. The van der Waals surface area contributed by atoms with Crippen molar-refractivity contribution in [1.82, 2.24) is 19.5 Å². The van der Waals surface area contributed by atoms with Gasteiger partial charge >= 0.3 is 0 Å². The molecular weight excluding hydrogens is 681 g/mol. The van der Waals surface area contributed by atoms with Gasteiger partial charge in [-0.25, -0.2) is 15.0 Å². The Labute approximate surface area is 306 Å². The van der Waals surface area contributed by atoms with Gasteiger partial charge in [0, 0.05) is 43.2 Å². The van der Waals surface area contributed by atoms with Crippen LogP contribution in [0.1, 0.15) is 12.7 Å². The summed E-state index contributed by atoms with van der Waals surface area (Å²) in [5.41, 5.74) is 5.25. The summed E-state index contributed by atoms with van der Waals surface area (Å²) in [6.45, 7) is 5.95. The zero-order valence-electron chi connectivity index (χ0n) is 28.3. The van der Waals surface area contributed by atoms with E-state index in [1.54, 1.807) is 6.08 Å². The van der Waals surface area contributed by atoms with Crippen molar-refractivity contribution >= 4 is 69.7 Å². The Hall–Kier alpha value is -6.97. The SMILES string of the molecule is C=C/C(=C\C=C/C)c1nc(-c2ccccc2)nc(-c2ccc(-n3c4ccc5ccccc5c4c4c5sc6c(O)c(O)c(O)c(O)c6c5ccc43)cc2)n1. The van der Waals surface area contributed by atoms with E-state index < -0.39 is 23.0 Å². The second kappa shape index (κ2) is 12.4. The summed E-state index contributed by atoms with van der Waals surface area (Å²) < 4.78 is 3.29. The highest BCUT2D eigenvalue weighted by molar-refractivity contribution is 7.27. The van der Waals surface area contributed by atoms with Gasteiger partial charge in [-0.15, -0.1) is 11.3 Å². The molecule has 9 rings (SSSR count). The molecule has 0 fully saturated rings. The number of allylic oxidation sites excluding steroid dienone is 5. The Balaban J connectivity index is 1.28. The zero-order chi connectivity index (χ0) is 36.4. The van der Waals surface area contributed by atoms with Gasteiger partial charge in [0.05, 0.1) is 21.1 Å². The molecule has 9 aromatic rings. The van der Waals surface area contributed by atoms with E-state index in [2.05, 4.69) is 35.4 Å². The van der Waals surface area contributed by atoms with Crippen molar-refractivity contribution in [3.63, 3.8) is 0 Å². The highest BCUT2D eigenvalue weighted by atomic mass is 32.1. The van der Waals surface area contributed by atoms with Crippen LogP contribution in [0.5, 0.6) is 23.0 Å². The van der Waals surface area contributed by atoms with Crippen LogP contribution >= 0.6 is 11.3 Å². The molecule has 0 spiro atoms. The number of hydrogen-bond donors (Lipinski definition) is 4. The van der Waals surface area contributed by atoms with E-state index in [4.69, 9.17) is 15.0 Å². The molecule has 0 saturated carbocycles. The van der Waals surface area contributed by atoms with E-state index >= 15 is 0 Å². The van der Waals surface area contributed by atoms with Gasteiger partial charge in [0.1, 0.15) is 0 Å². The first-order valence-electron chi connectivity index (χ1n) is 16.9. The van der Waals surface area contributed by atoms with E-state index in [9.17, 15) is 20.4 Å². The highest BCUT2D eigenvalue weighted by Gasteiger charge is 2.25. The lowest BCUT2D eigenvalue weighted by Gasteiger charge is -2.11. The van der Waals surface area contributed by atoms with E-state index in [0.29, 0.717) is 22.9 Å². The van der Waals surface area contributed by atoms with Crippen molar-refractivity contribution in [3.8, 4) is 51.5 Å². The average molecular weight is 711 g/mol. The molecule has 0 amide bonds. The summed E-state index contributed by atoms with van der Waals surface area (Å²) in [6.07, 6.45) is 7.54. The predicted octanol–water partition coefficient (Wildman–Crippen LogP) is 10.8. The number of nitrogens with zero attached hydrogens (tertiary/aromatic N) is 4. The Kier molecular flexibility index (Phi) is 7.46. The first-order chi connectivity index (χ1) is 25.9. The lowest BCUT2D eigenvalue weighted by molar-refractivity contribution is 0.351. The fourth-order valence-electron chi connectivity index (χ4n) is 7.09. The number of aromatic nitrogens is 4. The van der Waals surface area contributed by atoms with Gasteiger partial charge in [-0.2, -0.15) is 0 Å². The fourth-order valence-corrected chi connectivity index (χ4v) is 8.39. The summed E-state index contributed by atoms with van der Waals surface area (Å²) >= 11 is 1.26. The van der Waals surface area contributed by atoms with Gasteiger partial charge in [0.15, 0.2) is 29.0 Å². The number of fused-ring (bicyclic) bond motifs is 9. The van der Waals surface area contributed by atoms with Crippen molar-refractivity contribution < 1.29 is 20.4 Å². The minimum Gasteiger partial charge on any atom is -0.504 e. The number of hydrogen-bond acceptors (Lipinski definition) is 8. The van der Waals surface area contributed by atoms with Gasteiger partial charge in [0.2, 0.25) is 11.5 Å². The third kappa shape index (κ3) is 4.93. The molecule has 256 valence electrons. The van der Waals surface area contributed by atoms with E-state index in [-0.39, 0.29) is 10.1 Å². The van der Waals surface area contributed by atoms with Crippen molar-refractivity contribution in [3.05, 3.63) is 140 Å². The van der Waals surface area contributed by atoms with Gasteiger partial charge in [-0.05, 0) is 54.1 Å². The maximum Gasteiger partial charge on any atom is 0.205 e.